The predicted octanol–water partition coefficient (Wildman–Crippen LogP) is 4.84. The van der Waals surface area contributed by atoms with E-state index < -0.39 is 0 Å². The Labute approximate surface area is 150 Å². The standard InChI is InChI=1S/C17H15Cl2N5/c1-11-4-2-3-5-12(11)9-20-16-10-21-24-17(23-16)22-15-8-13(18)6-7-14(15)19/h2-8,10H,9H2,1H3,(H2,20,22,23,24). The van der Waals surface area contributed by atoms with Crippen molar-refractivity contribution in [1.82, 2.24) is 15.2 Å². The summed E-state index contributed by atoms with van der Waals surface area (Å²) in [6.07, 6.45) is 1.57. The summed E-state index contributed by atoms with van der Waals surface area (Å²) in [5.74, 6) is 0.961. The molecular weight excluding hydrogens is 345 g/mol. The Morgan fingerprint density at radius 3 is 2.75 bits per heavy atom. The summed E-state index contributed by atoms with van der Waals surface area (Å²) < 4.78 is 0. The topological polar surface area (TPSA) is 62.7 Å². The smallest absolute Gasteiger partial charge is 0.249 e. The van der Waals surface area contributed by atoms with E-state index >= 15 is 0 Å². The monoisotopic (exact) mass is 359 g/mol. The normalized spacial score (nSPS) is 10.5. The lowest BCUT2D eigenvalue weighted by atomic mass is 10.1. The molecule has 3 aromatic rings. The fourth-order valence-corrected chi connectivity index (χ4v) is 2.49. The van der Waals surface area contributed by atoms with Gasteiger partial charge in [-0.25, -0.2) is 0 Å². The second-order valence-electron chi connectivity index (χ2n) is 5.19. The van der Waals surface area contributed by atoms with E-state index in [-0.39, 0.29) is 0 Å². The van der Waals surface area contributed by atoms with Gasteiger partial charge < -0.3 is 10.6 Å². The zero-order valence-electron chi connectivity index (χ0n) is 12.9. The zero-order valence-corrected chi connectivity index (χ0v) is 14.4. The third-order valence-electron chi connectivity index (χ3n) is 3.45. The van der Waals surface area contributed by atoms with Gasteiger partial charge in [0.1, 0.15) is 0 Å². The van der Waals surface area contributed by atoms with Crippen LogP contribution in [0.2, 0.25) is 10.0 Å². The molecule has 1 heterocycles. The molecule has 0 aliphatic heterocycles. The van der Waals surface area contributed by atoms with Crippen molar-refractivity contribution in [3.8, 4) is 0 Å². The quantitative estimate of drug-likeness (QED) is 0.682. The molecule has 0 saturated heterocycles. The van der Waals surface area contributed by atoms with Gasteiger partial charge in [-0.05, 0) is 36.2 Å². The van der Waals surface area contributed by atoms with Crippen molar-refractivity contribution >= 4 is 40.7 Å². The number of nitrogens with one attached hydrogen (secondary N) is 2. The summed E-state index contributed by atoms with van der Waals surface area (Å²) in [4.78, 5) is 4.39. The summed E-state index contributed by atoms with van der Waals surface area (Å²) in [6, 6.07) is 13.3. The van der Waals surface area contributed by atoms with Gasteiger partial charge in [-0.3, -0.25) is 0 Å². The Morgan fingerprint density at radius 1 is 1.08 bits per heavy atom. The summed E-state index contributed by atoms with van der Waals surface area (Å²) >= 11 is 12.1. The number of aryl methyl sites for hydroxylation is 1. The lowest BCUT2D eigenvalue weighted by molar-refractivity contribution is 0.964. The maximum atomic E-state index is 6.13. The molecule has 2 N–H and O–H groups in total. The summed E-state index contributed by atoms with van der Waals surface area (Å²) in [5, 5.41) is 15.3. The molecule has 0 unspecified atom stereocenters. The maximum absolute atomic E-state index is 6.13. The molecular formula is C17H15Cl2N5. The Kier molecular flexibility index (Phi) is 5.13. The van der Waals surface area contributed by atoms with Gasteiger partial charge in [0, 0.05) is 11.6 Å². The van der Waals surface area contributed by atoms with E-state index in [0.29, 0.717) is 34.0 Å². The number of aromatic nitrogens is 3. The first-order chi connectivity index (χ1) is 11.6. The molecule has 0 saturated carbocycles. The van der Waals surface area contributed by atoms with Crippen molar-refractivity contribution in [1.29, 1.82) is 0 Å². The highest BCUT2D eigenvalue weighted by atomic mass is 35.5. The van der Waals surface area contributed by atoms with Gasteiger partial charge in [0.15, 0.2) is 5.82 Å². The van der Waals surface area contributed by atoms with Crippen LogP contribution in [0.1, 0.15) is 11.1 Å². The van der Waals surface area contributed by atoms with Crippen LogP contribution in [-0.2, 0) is 6.54 Å². The fourth-order valence-electron chi connectivity index (χ4n) is 2.15. The number of halogens is 2. The van der Waals surface area contributed by atoms with Crippen LogP contribution in [0.15, 0.2) is 48.7 Å². The Morgan fingerprint density at radius 2 is 1.92 bits per heavy atom. The van der Waals surface area contributed by atoms with Crippen molar-refractivity contribution in [3.63, 3.8) is 0 Å². The van der Waals surface area contributed by atoms with Crippen molar-refractivity contribution in [2.24, 2.45) is 0 Å². The van der Waals surface area contributed by atoms with Crippen molar-refractivity contribution in [2.45, 2.75) is 13.5 Å². The number of hydrogen-bond acceptors (Lipinski definition) is 5. The molecule has 1 aromatic heterocycles. The number of benzene rings is 2. The molecule has 2 aromatic carbocycles. The molecule has 0 fully saturated rings. The summed E-state index contributed by atoms with van der Waals surface area (Å²) in [7, 11) is 0. The van der Waals surface area contributed by atoms with Crippen LogP contribution < -0.4 is 10.6 Å². The van der Waals surface area contributed by atoms with E-state index in [2.05, 4.69) is 44.9 Å². The van der Waals surface area contributed by atoms with E-state index in [1.165, 1.54) is 11.1 Å². The number of nitrogens with zero attached hydrogens (tertiary/aromatic N) is 3. The highest BCUT2D eigenvalue weighted by molar-refractivity contribution is 6.35. The Bertz CT molecular complexity index is 854. The van der Waals surface area contributed by atoms with Crippen molar-refractivity contribution in [3.05, 3.63) is 69.8 Å². The number of anilines is 3. The minimum atomic E-state index is 0.342. The first-order valence-corrected chi connectivity index (χ1v) is 8.07. The van der Waals surface area contributed by atoms with Crippen LogP contribution in [0.3, 0.4) is 0 Å². The van der Waals surface area contributed by atoms with Crippen LogP contribution >= 0.6 is 23.2 Å². The molecule has 24 heavy (non-hydrogen) atoms. The molecule has 5 nitrogen and oxygen atoms in total. The van der Waals surface area contributed by atoms with Gasteiger partial charge >= 0.3 is 0 Å². The maximum Gasteiger partial charge on any atom is 0.249 e. The van der Waals surface area contributed by atoms with E-state index in [1.807, 2.05) is 12.1 Å². The third kappa shape index (κ3) is 4.13. The second kappa shape index (κ2) is 7.47. The average Bonchev–Trinajstić information content (AvgIpc) is 2.58. The molecule has 7 heteroatoms. The molecule has 3 rings (SSSR count). The van der Waals surface area contributed by atoms with Gasteiger partial charge in [0.2, 0.25) is 5.95 Å². The molecule has 0 aliphatic rings. The molecule has 0 amide bonds. The van der Waals surface area contributed by atoms with Crippen LogP contribution in [0.25, 0.3) is 0 Å². The lowest BCUT2D eigenvalue weighted by Gasteiger charge is -2.10. The summed E-state index contributed by atoms with van der Waals surface area (Å²) in [6.45, 7) is 2.73. The van der Waals surface area contributed by atoms with Crippen molar-refractivity contribution < 1.29 is 0 Å². The van der Waals surface area contributed by atoms with Gasteiger partial charge in [0.05, 0.1) is 16.9 Å². The highest BCUT2D eigenvalue weighted by Gasteiger charge is 2.06. The summed E-state index contributed by atoms with van der Waals surface area (Å²) in [5.41, 5.74) is 3.04. The van der Waals surface area contributed by atoms with Crippen LogP contribution in [-0.4, -0.2) is 15.2 Å². The SMILES string of the molecule is Cc1ccccc1CNc1cnnc(Nc2cc(Cl)ccc2Cl)n1. The second-order valence-corrected chi connectivity index (χ2v) is 6.04. The van der Waals surface area contributed by atoms with Crippen LogP contribution in [0, 0.1) is 6.92 Å². The van der Waals surface area contributed by atoms with Gasteiger partial charge in [-0.15, -0.1) is 5.10 Å². The third-order valence-corrected chi connectivity index (χ3v) is 4.02. The molecule has 0 atom stereocenters. The molecule has 0 radical (unpaired) electrons. The van der Waals surface area contributed by atoms with Gasteiger partial charge in [0.25, 0.3) is 0 Å². The molecule has 0 spiro atoms. The Hall–Kier alpha value is -2.37. The van der Waals surface area contributed by atoms with E-state index in [9.17, 15) is 0 Å². The minimum Gasteiger partial charge on any atom is -0.365 e. The largest absolute Gasteiger partial charge is 0.365 e. The van der Waals surface area contributed by atoms with E-state index in [4.69, 9.17) is 23.2 Å². The predicted molar refractivity (Wildman–Crippen MR) is 98.1 cm³/mol. The average molecular weight is 360 g/mol. The molecule has 0 bridgehead atoms. The van der Waals surface area contributed by atoms with E-state index in [0.717, 1.165) is 0 Å². The number of hydrogen-bond donors (Lipinski definition) is 2. The van der Waals surface area contributed by atoms with Gasteiger partial charge in [-0.1, -0.05) is 47.5 Å². The first-order valence-electron chi connectivity index (χ1n) is 7.32. The van der Waals surface area contributed by atoms with E-state index in [1.54, 1.807) is 24.4 Å². The highest BCUT2D eigenvalue weighted by Crippen LogP contribution is 2.27. The minimum absolute atomic E-state index is 0.342. The number of rotatable bonds is 5. The Balaban J connectivity index is 1.72. The first kappa shape index (κ1) is 16.5. The lowest BCUT2D eigenvalue weighted by Crippen LogP contribution is -2.06. The molecule has 122 valence electrons. The zero-order chi connectivity index (χ0) is 16.9. The van der Waals surface area contributed by atoms with Gasteiger partial charge in [-0.2, -0.15) is 10.1 Å². The van der Waals surface area contributed by atoms with Crippen molar-refractivity contribution in [2.75, 3.05) is 10.6 Å². The van der Waals surface area contributed by atoms with Crippen LogP contribution in [0.5, 0.6) is 0 Å². The van der Waals surface area contributed by atoms with Crippen LogP contribution in [0.4, 0.5) is 17.5 Å². The molecule has 0 aliphatic carbocycles. The fraction of sp³-hybridized carbons (Fsp3) is 0.118.